The molecule has 0 bridgehead atoms. The third-order valence-corrected chi connectivity index (χ3v) is 2.45. The van der Waals surface area contributed by atoms with Crippen molar-refractivity contribution in [1.29, 1.82) is 0 Å². The van der Waals surface area contributed by atoms with Crippen LogP contribution in [0.1, 0.15) is 20.8 Å². The van der Waals surface area contributed by atoms with Crippen LogP contribution in [0.5, 0.6) is 0 Å². The maximum Gasteiger partial charge on any atom is 0.358 e. The summed E-state index contributed by atoms with van der Waals surface area (Å²) in [5, 5.41) is 2.93. The Morgan fingerprint density at radius 2 is 2.10 bits per heavy atom. The smallest absolute Gasteiger partial charge is 0.358 e. The number of esters is 1. The molecule has 102 valence electrons. The summed E-state index contributed by atoms with van der Waals surface area (Å²) >= 11 is 0. The molecule has 7 heteroatoms. The zero-order valence-corrected chi connectivity index (χ0v) is 10.7. The summed E-state index contributed by atoms with van der Waals surface area (Å²) in [5.41, 5.74) is 6.27. The van der Waals surface area contributed by atoms with Gasteiger partial charge in [-0.3, -0.25) is 9.78 Å². The number of carbonyl (C=O) groups excluding carboxylic acids is 2. The number of rotatable bonds is 4. The fourth-order valence-electron chi connectivity index (χ4n) is 1.53. The van der Waals surface area contributed by atoms with Gasteiger partial charge in [-0.2, -0.15) is 0 Å². The number of aromatic nitrogens is 2. The number of carbonyl (C=O) groups is 2. The maximum absolute atomic E-state index is 11.3. The Morgan fingerprint density at radius 1 is 1.30 bits per heavy atom. The van der Waals surface area contributed by atoms with Gasteiger partial charge in [-0.05, 0) is 18.2 Å². The average molecular weight is 272 g/mol. The highest BCUT2D eigenvalue weighted by molar-refractivity contribution is 5.93. The second-order valence-electron chi connectivity index (χ2n) is 3.85. The Bertz CT molecular complexity index is 658. The number of benzene rings is 1. The fraction of sp³-hybridized carbons (Fsp3) is 0.0769. The van der Waals surface area contributed by atoms with Gasteiger partial charge >= 0.3 is 5.97 Å². The summed E-state index contributed by atoms with van der Waals surface area (Å²) in [5.74, 6) is -0.746. The molecule has 1 amide bonds. The lowest BCUT2D eigenvalue weighted by molar-refractivity contribution is 0.0593. The van der Waals surface area contributed by atoms with E-state index in [0.717, 1.165) is 0 Å². The Hall–Kier alpha value is -2.96. The number of anilines is 2. The summed E-state index contributed by atoms with van der Waals surface area (Å²) in [6.07, 6.45) is 2.75. The van der Waals surface area contributed by atoms with Crippen molar-refractivity contribution in [3.63, 3.8) is 0 Å². The zero-order valence-electron chi connectivity index (χ0n) is 10.7. The largest absolute Gasteiger partial charge is 0.464 e. The number of ether oxygens (including phenoxy) is 1. The standard InChI is InChI=1S/C13H12N4O3/c1-20-13(19)10-6-15-7-11(17-10)16-9-4-2-3-8(5-9)12(14)18/h2-7H,1H3,(H2,14,18)(H,16,17). The number of nitrogens with two attached hydrogens (primary N) is 1. The summed E-state index contributed by atoms with van der Waals surface area (Å²) in [6.45, 7) is 0. The van der Waals surface area contributed by atoms with Gasteiger partial charge in [0.1, 0.15) is 5.82 Å². The van der Waals surface area contributed by atoms with E-state index in [9.17, 15) is 9.59 Å². The first kappa shape index (κ1) is 13.5. The zero-order chi connectivity index (χ0) is 14.5. The van der Waals surface area contributed by atoms with E-state index in [1.54, 1.807) is 24.3 Å². The molecular formula is C13H12N4O3. The van der Waals surface area contributed by atoms with E-state index in [1.807, 2.05) is 0 Å². The number of hydrogen-bond donors (Lipinski definition) is 2. The van der Waals surface area contributed by atoms with Crippen LogP contribution in [0.15, 0.2) is 36.7 Å². The Balaban J connectivity index is 2.24. The van der Waals surface area contributed by atoms with Gasteiger partial charge in [-0.15, -0.1) is 0 Å². The Kier molecular flexibility index (Phi) is 3.90. The van der Waals surface area contributed by atoms with E-state index in [0.29, 0.717) is 17.1 Å². The van der Waals surface area contributed by atoms with Crippen LogP contribution < -0.4 is 11.1 Å². The van der Waals surface area contributed by atoms with Gasteiger partial charge in [-0.1, -0.05) is 6.07 Å². The molecule has 0 atom stereocenters. The van der Waals surface area contributed by atoms with Crippen LogP contribution in [0.3, 0.4) is 0 Å². The Morgan fingerprint density at radius 3 is 2.80 bits per heavy atom. The number of amides is 1. The molecule has 0 aliphatic rings. The number of nitrogens with one attached hydrogen (secondary N) is 1. The fourth-order valence-corrected chi connectivity index (χ4v) is 1.53. The van der Waals surface area contributed by atoms with Crippen LogP contribution in [-0.2, 0) is 4.74 Å². The van der Waals surface area contributed by atoms with Gasteiger partial charge in [0.05, 0.1) is 19.5 Å². The number of primary amides is 1. The van der Waals surface area contributed by atoms with Crippen molar-refractivity contribution in [2.45, 2.75) is 0 Å². The first-order valence-corrected chi connectivity index (χ1v) is 5.67. The minimum atomic E-state index is -0.577. The molecule has 0 radical (unpaired) electrons. The predicted molar refractivity (Wildman–Crippen MR) is 71.6 cm³/mol. The molecule has 20 heavy (non-hydrogen) atoms. The van der Waals surface area contributed by atoms with Crippen LogP contribution >= 0.6 is 0 Å². The van der Waals surface area contributed by atoms with Crippen LogP contribution in [0, 0.1) is 0 Å². The lowest BCUT2D eigenvalue weighted by Crippen LogP contribution is -2.11. The lowest BCUT2D eigenvalue weighted by Gasteiger charge is -2.07. The molecule has 3 N–H and O–H groups in total. The van der Waals surface area contributed by atoms with Crippen molar-refractivity contribution in [2.24, 2.45) is 5.73 Å². The van der Waals surface area contributed by atoms with Gasteiger partial charge < -0.3 is 15.8 Å². The number of nitrogens with zero attached hydrogens (tertiary/aromatic N) is 2. The molecule has 2 rings (SSSR count). The minimum Gasteiger partial charge on any atom is -0.464 e. The summed E-state index contributed by atoms with van der Waals surface area (Å²) < 4.78 is 4.56. The van der Waals surface area contributed by atoms with E-state index >= 15 is 0 Å². The van der Waals surface area contributed by atoms with Gasteiger partial charge in [-0.25, -0.2) is 9.78 Å². The average Bonchev–Trinajstić information content (AvgIpc) is 2.47. The molecule has 0 saturated heterocycles. The maximum atomic E-state index is 11.3. The molecule has 0 unspecified atom stereocenters. The first-order chi connectivity index (χ1) is 9.60. The molecule has 0 aliphatic heterocycles. The van der Waals surface area contributed by atoms with E-state index in [2.05, 4.69) is 20.0 Å². The SMILES string of the molecule is COC(=O)c1cncc(Nc2cccc(C(N)=O)c2)n1. The summed E-state index contributed by atoms with van der Waals surface area (Å²) in [7, 11) is 1.26. The summed E-state index contributed by atoms with van der Waals surface area (Å²) in [4.78, 5) is 30.4. The van der Waals surface area contributed by atoms with Gasteiger partial charge in [0.25, 0.3) is 0 Å². The molecule has 0 aliphatic carbocycles. The topological polar surface area (TPSA) is 107 Å². The summed E-state index contributed by atoms with van der Waals surface area (Å²) in [6, 6.07) is 6.60. The molecule has 1 aromatic carbocycles. The van der Waals surface area contributed by atoms with Gasteiger partial charge in [0.2, 0.25) is 5.91 Å². The van der Waals surface area contributed by atoms with Crippen molar-refractivity contribution >= 4 is 23.4 Å². The molecule has 1 aromatic heterocycles. The van der Waals surface area contributed by atoms with Crippen LogP contribution in [-0.4, -0.2) is 29.0 Å². The molecule has 7 nitrogen and oxygen atoms in total. The lowest BCUT2D eigenvalue weighted by atomic mass is 10.2. The van der Waals surface area contributed by atoms with Crippen molar-refractivity contribution < 1.29 is 14.3 Å². The molecule has 0 fully saturated rings. The monoisotopic (exact) mass is 272 g/mol. The third kappa shape index (κ3) is 3.08. The first-order valence-electron chi connectivity index (χ1n) is 5.67. The van der Waals surface area contributed by atoms with Crippen molar-refractivity contribution in [3.05, 3.63) is 47.9 Å². The van der Waals surface area contributed by atoms with Crippen LogP contribution in [0.4, 0.5) is 11.5 Å². The van der Waals surface area contributed by atoms with Crippen LogP contribution in [0.25, 0.3) is 0 Å². The van der Waals surface area contributed by atoms with E-state index in [-0.39, 0.29) is 5.69 Å². The van der Waals surface area contributed by atoms with Gasteiger partial charge in [0, 0.05) is 11.3 Å². The minimum absolute atomic E-state index is 0.0866. The van der Waals surface area contributed by atoms with Crippen molar-refractivity contribution in [1.82, 2.24) is 9.97 Å². The predicted octanol–water partition coefficient (Wildman–Crippen LogP) is 1.11. The third-order valence-electron chi connectivity index (χ3n) is 2.45. The molecular weight excluding hydrogens is 260 g/mol. The molecule has 2 aromatic rings. The van der Waals surface area contributed by atoms with E-state index < -0.39 is 11.9 Å². The quantitative estimate of drug-likeness (QED) is 0.807. The second kappa shape index (κ2) is 5.79. The number of hydrogen-bond acceptors (Lipinski definition) is 6. The molecule has 0 spiro atoms. The second-order valence-corrected chi connectivity index (χ2v) is 3.85. The van der Waals surface area contributed by atoms with E-state index in [4.69, 9.17) is 5.73 Å². The highest BCUT2D eigenvalue weighted by Gasteiger charge is 2.09. The van der Waals surface area contributed by atoms with Crippen LogP contribution in [0.2, 0.25) is 0 Å². The molecule has 1 heterocycles. The van der Waals surface area contributed by atoms with E-state index in [1.165, 1.54) is 19.5 Å². The highest BCUT2D eigenvalue weighted by Crippen LogP contribution is 2.15. The van der Waals surface area contributed by atoms with Gasteiger partial charge in [0.15, 0.2) is 5.69 Å². The Labute approximate surface area is 114 Å². The number of methoxy groups -OCH3 is 1. The normalized spacial score (nSPS) is 9.85. The molecule has 0 saturated carbocycles. The van der Waals surface area contributed by atoms with Crippen molar-refractivity contribution in [2.75, 3.05) is 12.4 Å². The van der Waals surface area contributed by atoms with Crippen molar-refractivity contribution in [3.8, 4) is 0 Å². The highest BCUT2D eigenvalue weighted by atomic mass is 16.5.